The molecule has 2 heterocycles. The van der Waals surface area contributed by atoms with Crippen molar-refractivity contribution in [3.05, 3.63) is 0 Å². The Hall–Kier alpha value is -0.0500. The Morgan fingerprint density at radius 3 is 1.88 bits per heavy atom. The fourth-order valence-corrected chi connectivity index (χ4v) is 2.72. The molecular weight excluding hydrogens is 372 g/mol. The Bertz CT molecular complexity index is 376. The molecule has 2 fully saturated rings. The van der Waals surface area contributed by atoms with E-state index in [1.165, 1.54) is 0 Å². The van der Waals surface area contributed by atoms with Gasteiger partial charge in [0.1, 0.15) is 24.4 Å². The molecule has 0 aliphatic carbocycles. The second-order valence-corrected chi connectivity index (χ2v) is 6.31. The molecule has 0 spiro atoms. The maximum Gasteiger partial charge on any atom is 0.160 e. The summed E-state index contributed by atoms with van der Waals surface area (Å²) >= 11 is 0.750. The van der Waals surface area contributed by atoms with Crippen LogP contribution in [0.15, 0.2) is 0 Å². The van der Waals surface area contributed by atoms with Crippen molar-refractivity contribution < 1.29 is 49.0 Å². The zero-order valence-corrected chi connectivity index (χ0v) is 15.7. The third-order valence-corrected chi connectivity index (χ3v) is 4.05. The summed E-state index contributed by atoms with van der Waals surface area (Å²) in [6.45, 7) is 1.66. The predicted octanol–water partition coefficient (Wildman–Crippen LogP) is -1.47. The largest absolute Gasteiger partial charge is 0.394 e. The van der Waals surface area contributed by atoms with E-state index in [9.17, 15) is 20.4 Å². The summed E-state index contributed by atoms with van der Waals surface area (Å²) in [5.41, 5.74) is 0. The average molecular weight is 402 g/mol. The Morgan fingerprint density at radius 1 is 0.923 bits per heavy atom. The van der Waals surface area contributed by atoms with Crippen LogP contribution >= 0.6 is 12.0 Å². The lowest BCUT2D eigenvalue weighted by Crippen LogP contribution is -2.53. The van der Waals surface area contributed by atoms with E-state index in [-0.39, 0.29) is 19.4 Å². The molecule has 8 atom stereocenters. The lowest BCUT2D eigenvalue weighted by molar-refractivity contribution is -0.291. The monoisotopic (exact) mass is 402 g/mol. The van der Waals surface area contributed by atoms with E-state index in [0.717, 1.165) is 12.0 Å². The minimum atomic E-state index is -1.18. The van der Waals surface area contributed by atoms with E-state index in [1.807, 2.05) is 0 Å². The molecule has 10 nitrogen and oxygen atoms in total. The van der Waals surface area contributed by atoms with Crippen LogP contribution in [0.5, 0.6) is 0 Å². The summed E-state index contributed by atoms with van der Waals surface area (Å²) in [5.74, 6) is 0. The zero-order valence-electron chi connectivity index (χ0n) is 14.9. The number of hydrogen-bond acceptors (Lipinski definition) is 11. The van der Waals surface area contributed by atoms with Crippen LogP contribution in [-0.4, -0.2) is 105 Å². The van der Waals surface area contributed by atoms with Crippen LogP contribution in [0.4, 0.5) is 0 Å². The Balaban J connectivity index is 0.00000105. The summed E-state index contributed by atoms with van der Waals surface area (Å²) in [7, 11) is 0. The van der Waals surface area contributed by atoms with Crippen molar-refractivity contribution >= 4 is 12.0 Å². The minimum Gasteiger partial charge on any atom is -0.394 e. The average Bonchev–Trinajstić information content (AvgIpc) is 2.60. The van der Waals surface area contributed by atoms with E-state index < -0.39 is 55.8 Å². The summed E-state index contributed by atoms with van der Waals surface area (Å²) in [6.07, 6.45) is -5.81. The highest BCUT2D eigenvalue weighted by atomic mass is 32.2. The molecular formula is C15H30O10S. The molecule has 2 aliphatic rings. The first kappa shape index (κ1) is 24.0. The van der Waals surface area contributed by atoms with E-state index >= 15 is 0 Å². The fourth-order valence-electron chi connectivity index (χ4n) is 2.72. The van der Waals surface area contributed by atoms with Crippen LogP contribution < -0.4 is 0 Å². The summed E-state index contributed by atoms with van der Waals surface area (Å²) < 4.78 is 29.1. The molecule has 0 aromatic heterocycles. The number of rotatable bonds is 6. The summed E-state index contributed by atoms with van der Waals surface area (Å²) in [5, 5.41) is 48.3. The molecule has 0 bridgehead atoms. The molecule has 2 saturated heterocycles. The molecule has 0 aromatic carbocycles. The van der Waals surface area contributed by atoms with Crippen molar-refractivity contribution in [1.29, 1.82) is 0 Å². The van der Waals surface area contributed by atoms with Gasteiger partial charge >= 0.3 is 0 Å². The maximum absolute atomic E-state index is 9.96. The maximum atomic E-state index is 9.96. The molecule has 4 unspecified atom stereocenters. The van der Waals surface area contributed by atoms with Crippen molar-refractivity contribution in [2.24, 2.45) is 0 Å². The highest BCUT2D eigenvalue weighted by molar-refractivity contribution is 7.93. The molecule has 26 heavy (non-hydrogen) atoms. The standard InChI is InChI=1S/C14H26O9.CH4OS/c1-2-20-11-3-8(17)14(19)10(23-11)6-21-12-4-7(16)13(18)9(5-15)22-12;1-3-2/h7-19H,2-6H2,1H3;2H,1H3/t7?,8-,9-,10?,11?,12+,13+,14?;/m1./s1. The van der Waals surface area contributed by atoms with Gasteiger partial charge in [-0.3, -0.25) is 0 Å². The van der Waals surface area contributed by atoms with Gasteiger partial charge in [-0.25, -0.2) is 0 Å². The van der Waals surface area contributed by atoms with Crippen molar-refractivity contribution in [1.82, 2.24) is 0 Å². The van der Waals surface area contributed by atoms with Gasteiger partial charge in [-0.1, -0.05) is 0 Å². The zero-order chi connectivity index (χ0) is 19.7. The minimum absolute atomic E-state index is 0.0257. The van der Waals surface area contributed by atoms with Crippen molar-refractivity contribution in [2.45, 2.75) is 69.0 Å². The molecule has 0 radical (unpaired) electrons. The Kier molecular flexibility index (Phi) is 11.5. The fraction of sp³-hybridized carbons (Fsp3) is 1.00. The number of aliphatic hydroxyl groups excluding tert-OH is 5. The smallest absolute Gasteiger partial charge is 0.160 e. The predicted molar refractivity (Wildman–Crippen MR) is 91.4 cm³/mol. The first-order valence-corrected chi connectivity index (χ1v) is 9.60. The van der Waals surface area contributed by atoms with Gasteiger partial charge in [0, 0.05) is 25.7 Å². The highest BCUT2D eigenvalue weighted by Gasteiger charge is 2.40. The van der Waals surface area contributed by atoms with Gasteiger partial charge in [-0.2, -0.15) is 0 Å². The van der Waals surface area contributed by atoms with Crippen LogP contribution in [0.25, 0.3) is 0 Å². The highest BCUT2D eigenvalue weighted by Crippen LogP contribution is 2.25. The Morgan fingerprint density at radius 2 is 1.38 bits per heavy atom. The normalized spacial score (nSPS) is 40.6. The molecule has 0 saturated carbocycles. The number of aliphatic hydroxyl groups is 5. The van der Waals surface area contributed by atoms with Crippen LogP contribution in [0.1, 0.15) is 19.8 Å². The first-order chi connectivity index (χ1) is 12.4. The summed E-state index contributed by atoms with van der Waals surface area (Å²) in [6, 6.07) is 0. The molecule has 0 amide bonds. The third-order valence-electron chi connectivity index (χ3n) is 4.05. The first-order valence-electron chi connectivity index (χ1n) is 8.42. The van der Waals surface area contributed by atoms with E-state index in [4.69, 9.17) is 28.6 Å². The van der Waals surface area contributed by atoms with Gasteiger partial charge in [0.15, 0.2) is 12.6 Å². The van der Waals surface area contributed by atoms with Gasteiger partial charge < -0.3 is 49.0 Å². The molecule has 2 aliphatic heterocycles. The van der Waals surface area contributed by atoms with E-state index in [1.54, 1.807) is 13.2 Å². The SMILES string of the molecule is CCOC1C[C@@H](O)C(O)C(CO[C@@H]2CC(O)[C@H](O)[C@@H](CO)O2)O1.CSO. The van der Waals surface area contributed by atoms with Gasteiger partial charge in [-0.05, 0) is 19.0 Å². The quantitative estimate of drug-likeness (QED) is 0.288. The van der Waals surface area contributed by atoms with Crippen molar-refractivity contribution in [2.75, 3.05) is 26.1 Å². The molecule has 156 valence electrons. The van der Waals surface area contributed by atoms with Crippen molar-refractivity contribution in [3.63, 3.8) is 0 Å². The van der Waals surface area contributed by atoms with Gasteiger partial charge in [0.05, 0.1) is 25.4 Å². The number of ether oxygens (including phenoxy) is 4. The Labute approximate surface area is 156 Å². The molecule has 0 aromatic rings. The molecule has 6 N–H and O–H groups in total. The lowest BCUT2D eigenvalue weighted by atomic mass is 10.0. The van der Waals surface area contributed by atoms with Gasteiger partial charge in [0.25, 0.3) is 0 Å². The van der Waals surface area contributed by atoms with Gasteiger partial charge in [0.2, 0.25) is 0 Å². The molecule has 2 rings (SSSR count). The topological polar surface area (TPSA) is 158 Å². The van der Waals surface area contributed by atoms with E-state index in [2.05, 4.69) is 0 Å². The van der Waals surface area contributed by atoms with Crippen LogP contribution in [0, 0.1) is 0 Å². The van der Waals surface area contributed by atoms with E-state index in [0.29, 0.717) is 6.61 Å². The third kappa shape index (κ3) is 7.17. The number of hydrogen-bond donors (Lipinski definition) is 6. The molecule has 11 heteroatoms. The van der Waals surface area contributed by atoms with Crippen molar-refractivity contribution in [3.8, 4) is 0 Å². The second kappa shape index (κ2) is 12.4. The lowest BCUT2D eigenvalue weighted by Gasteiger charge is -2.39. The van der Waals surface area contributed by atoms with Crippen LogP contribution in [-0.2, 0) is 18.9 Å². The van der Waals surface area contributed by atoms with Gasteiger partial charge in [-0.15, -0.1) is 0 Å². The van der Waals surface area contributed by atoms with Crippen LogP contribution in [0.2, 0.25) is 0 Å². The summed E-state index contributed by atoms with van der Waals surface area (Å²) in [4.78, 5) is 0. The second-order valence-electron chi connectivity index (χ2n) is 5.95. The van der Waals surface area contributed by atoms with Crippen LogP contribution in [0.3, 0.4) is 0 Å².